The number of hydrogen-bond acceptors (Lipinski definition) is 6. The number of hydrogen-bond donors (Lipinski definition) is 1. The molecule has 0 radical (unpaired) electrons. The highest BCUT2D eigenvalue weighted by Gasteiger charge is 2.18. The van der Waals surface area contributed by atoms with Crippen molar-refractivity contribution in [1.29, 1.82) is 0 Å². The second kappa shape index (κ2) is 7.91. The summed E-state index contributed by atoms with van der Waals surface area (Å²) in [5, 5.41) is 3.61. The van der Waals surface area contributed by atoms with Crippen molar-refractivity contribution in [3.8, 4) is 0 Å². The van der Waals surface area contributed by atoms with Gasteiger partial charge in [0.2, 0.25) is 5.95 Å². The number of piperidine rings is 1. The maximum absolute atomic E-state index is 11.7. The highest BCUT2D eigenvalue weighted by Crippen LogP contribution is 2.28. The molecule has 26 heavy (non-hydrogen) atoms. The maximum Gasteiger partial charge on any atom is 0.337 e. The molecule has 3 rings (SSSR count). The van der Waals surface area contributed by atoms with Crippen LogP contribution in [0.3, 0.4) is 0 Å². The zero-order chi connectivity index (χ0) is 18.7. The summed E-state index contributed by atoms with van der Waals surface area (Å²) >= 11 is 6.26. The molecule has 1 aromatic heterocycles. The van der Waals surface area contributed by atoms with Gasteiger partial charge in [-0.25, -0.2) is 9.78 Å². The summed E-state index contributed by atoms with van der Waals surface area (Å²) < 4.78 is 4.76. The first kappa shape index (κ1) is 18.5. The molecule has 1 fully saturated rings. The van der Waals surface area contributed by atoms with E-state index in [0.29, 0.717) is 22.2 Å². The van der Waals surface area contributed by atoms with Crippen molar-refractivity contribution in [2.45, 2.75) is 26.7 Å². The van der Waals surface area contributed by atoms with Crippen molar-refractivity contribution in [2.75, 3.05) is 30.4 Å². The van der Waals surface area contributed by atoms with E-state index >= 15 is 0 Å². The molecule has 0 spiro atoms. The number of nitrogens with one attached hydrogen (secondary N) is 1. The molecule has 1 aliphatic rings. The molecule has 2 aromatic rings. The topological polar surface area (TPSA) is 67.3 Å². The number of ether oxygens (including phenoxy) is 1. The number of methoxy groups -OCH3 is 1. The standard InChI is InChI=1S/C19H23ClN4O2/c1-12-6-8-24(9-7-12)17-10-13(2)21-19(23-17)22-16-11-14(18(25)26-3)4-5-15(16)20/h4-5,10-12H,6-9H2,1-3H3,(H,21,22,23). The van der Waals surface area contributed by atoms with Crippen molar-refractivity contribution in [1.82, 2.24) is 9.97 Å². The van der Waals surface area contributed by atoms with Crippen molar-refractivity contribution in [2.24, 2.45) is 5.92 Å². The minimum absolute atomic E-state index is 0.414. The lowest BCUT2D eigenvalue weighted by molar-refractivity contribution is 0.0601. The van der Waals surface area contributed by atoms with Crippen molar-refractivity contribution in [3.05, 3.63) is 40.5 Å². The predicted octanol–water partition coefficient (Wildman–Crippen LogP) is 4.20. The minimum atomic E-state index is -0.419. The summed E-state index contributed by atoms with van der Waals surface area (Å²) in [6, 6.07) is 6.91. The molecule has 138 valence electrons. The van der Waals surface area contributed by atoms with E-state index in [1.807, 2.05) is 13.0 Å². The Morgan fingerprint density at radius 1 is 1.27 bits per heavy atom. The molecule has 7 heteroatoms. The summed E-state index contributed by atoms with van der Waals surface area (Å²) in [5.74, 6) is 1.71. The SMILES string of the molecule is COC(=O)c1ccc(Cl)c(Nc2nc(C)cc(N3CCC(C)CC3)n2)c1. The number of rotatable bonds is 4. The summed E-state index contributed by atoms with van der Waals surface area (Å²) in [7, 11) is 1.35. The summed E-state index contributed by atoms with van der Waals surface area (Å²) in [6.45, 7) is 6.21. The number of aryl methyl sites for hydroxylation is 1. The Morgan fingerprint density at radius 3 is 2.69 bits per heavy atom. The molecular weight excluding hydrogens is 352 g/mol. The number of nitrogens with zero attached hydrogens (tertiary/aromatic N) is 3. The van der Waals surface area contributed by atoms with E-state index in [-0.39, 0.29) is 0 Å². The number of carbonyl (C=O) groups excluding carboxylic acids is 1. The molecule has 0 atom stereocenters. The van der Waals surface area contributed by atoms with E-state index in [1.54, 1.807) is 18.2 Å². The van der Waals surface area contributed by atoms with Gasteiger partial charge in [0.1, 0.15) is 5.82 Å². The first-order valence-corrected chi connectivity index (χ1v) is 9.09. The van der Waals surface area contributed by atoms with Crippen LogP contribution in [0.15, 0.2) is 24.3 Å². The number of anilines is 3. The van der Waals surface area contributed by atoms with Crippen LogP contribution in [-0.2, 0) is 4.74 Å². The highest BCUT2D eigenvalue weighted by molar-refractivity contribution is 6.33. The Labute approximate surface area is 158 Å². The van der Waals surface area contributed by atoms with Crippen LogP contribution in [0, 0.1) is 12.8 Å². The molecule has 1 N–H and O–H groups in total. The molecule has 0 unspecified atom stereocenters. The number of halogens is 1. The molecule has 1 aromatic carbocycles. The number of esters is 1. The van der Waals surface area contributed by atoms with Gasteiger partial charge in [-0.2, -0.15) is 4.98 Å². The van der Waals surface area contributed by atoms with E-state index in [9.17, 15) is 4.79 Å². The van der Waals surface area contributed by atoms with E-state index in [2.05, 4.69) is 27.1 Å². The molecule has 6 nitrogen and oxygen atoms in total. The van der Waals surface area contributed by atoms with Crippen molar-refractivity contribution >= 4 is 35.0 Å². The van der Waals surface area contributed by atoms with Crippen molar-refractivity contribution < 1.29 is 9.53 Å². The summed E-state index contributed by atoms with van der Waals surface area (Å²) in [5.41, 5.74) is 1.85. The third-order valence-corrected chi connectivity index (χ3v) is 4.91. The lowest BCUT2D eigenvalue weighted by Crippen LogP contribution is -2.33. The van der Waals surface area contributed by atoms with Gasteiger partial charge in [-0.3, -0.25) is 0 Å². The second-order valence-corrected chi connectivity index (χ2v) is 7.08. The number of benzene rings is 1. The van der Waals surface area contributed by atoms with Gasteiger partial charge in [0, 0.05) is 24.8 Å². The van der Waals surface area contributed by atoms with Gasteiger partial charge >= 0.3 is 5.97 Å². The smallest absolute Gasteiger partial charge is 0.337 e. The first-order chi connectivity index (χ1) is 12.5. The first-order valence-electron chi connectivity index (χ1n) is 8.72. The fourth-order valence-electron chi connectivity index (χ4n) is 2.99. The normalized spacial score (nSPS) is 15.0. The van der Waals surface area contributed by atoms with Crippen LogP contribution < -0.4 is 10.2 Å². The van der Waals surface area contributed by atoms with E-state index in [1.165, 1.54) is 20.0 Å². The van der Waals surface area contributed by atoms with E-state index in [0.717, 1.165) is 30.5 Å². The molecule has 0 aliphatic carbocycles. The van der Waals surface area contributed by atoms with Gasteiger partial charge in [-0.05, 0) is 43.9 Å². The third kappa shape index (κ3) is 4.25. The largest absolute Gasteiger partial charge is 0.465 e. The zero-order valence-corrected chi connectivity index (χ0v) is 16.0. The van der Waals surface area contributed by atoms with Crippen LogP contribution in [-0.4, -0.2) is 36.1 Å². The lowest BCUT2D eigenvalue weighted by Gasteiger charge is -2.31. The Bertz CT molecular complexity index is 804. The Balaban J connectivity index is 1.85. The Kier molecular flexibility index (Phi) is 5.61. The lowest BCUT2D eigenvalue weighted by atomic mass is 9.99. The van der Waals surface area contributed by atoms with Crippen LogP contribution in [0.2, 0.25) is 5.02 Å². The monoisotopic (exact) mass is 374 g/mol. The fourth-order valence-corrected chi connectivity index (χ4v) is 3.16. The third-order valence-electron chi connectivity index (χ3n) is 4.58. The Hall–Kier alpha value is -2.34. The molecule has 1 aliphatic heterocycles. The number of carbonyl (C=O) groups is 1. The van der Waals surface area contributed by atoms with Crippen LogP contribution in [0.1, 0.15) is 35.8 Å². The fraction of sp³-hybridized carbons (Fsp3) is 0.421. The predicted molar refractivity (Wildman–Crippen MR) is 103 cm³/mol. The van der Waals surface area contributed by atoms with Gasteiger partial charge in [-0.15, -0.1) is 0 Å². The zero-order valence-electron chi connectivity index (χ0n) is 15.3. The number of aromatic nitrogens is 2. The average Bonchev–Trinajstić information content (AvgIpc) is 2.63. The Morgan fingerprint density at radius 2 is 2.00 bits per heavy atom. The molecule has 0 amide bonds. The molecule has 0 saturated carbocycles. The van der Waals surface area contributed by atoms with Crippen LogP contribution >= 0.6 is 11.6 Å². The van der Waals surface area contributed by atoms with E-state index in [4.69, 9.17) is 16.3 Å². The van der Waals surface area contributed by atoms with Crippen LogP contribution in [0.4, 0.5) is 17.5 Å². The van der Waals surface area contributed by atoms with Gasteiger partial charge < -0.3 is 15.0 Å². The maximum atomic E-state index is 11.7. The summed E-state index contributed by atoms with van der Waals surface area (Å²) in [4.78, 5) is 23.1. The summed E-state index contributed by atoms with van der Waals surface area (Å²) in [6.07, 6.45) is 2.33. The molecule has 0 bridgehead atoms. The van der Waals surface area contributed by atoms with Gasteiger partial charge in [0.05, 0.1) is 23.4 Å². The second-order valence-electron chi connectivity index (χ2n) is 6.67. The molecular formula is C19H23ClN4O2. The quantitative estimate of drug-likeness (QED) is 0.809. The van der Waals surface area contributed by atoms with Gasteiger partial charge in [-0.1, -0.05) is 18.5 Å². The average molecular weight is 375 g/mol. The highest BCUT2D eigenvalue weighted by atomic mass is 35.5. The van der Waals surface area contributed by atoms with Gasteiger partial charge in [0.15, 0.2) is 0 Å². The van der Waals surface area contributed by atoms with Crippen LogP contribution in [0.25, 0.3) is 0 Å². The minimum Gasteiger partial charge on any atom is -0.465 e. The van der Waals surface area contributed by atoms with E-state index < -0.39 is 5.97 Å². The molecule has 2 heterocycles. The van der Waals surface area contributed by atoms with Crippen LogP contribution in [0.5, 0.6) is 0 Å². The molecule has 1 saturated heterocycles. The van der Waals surface area contributed by atoms with Gasteiger partial charge in [0.25, 0.3) is 0 Å². The van der Waals surface area contributed by atoms with Crippen molar-refractivity contribution in [3.63, 3.8) is 0 Å².